The van der Waals surface area contributed by atoms with Crippen LogP contribution in [0, 0.1) is 10.1 Å². The highest BCUT2D eigenvalue weighted by atomic mass is 16.6. The van der Waals surface area contributed by atoms with E-state index in [4.69, 9.17) is 4.74 Å². The first-order valence-corrected chi connectivity index (χ1v) is 8.68. The molecule has 9 heteroatoms. The molecule has 1 heterocycles. The average molecular weight is 385 g/mol. The predicted octanol–water partition coefficient (Wildman–Crippen LogP) is 1.66. The molecule has 0 saturated carbocycles. The summed E-state index contributed by atoms with van der Waals surface area (Å²) in [5, 5.41) is 20.5. The second kappa shape index (κ2) is 8.38. The van der Waals surface area contributed by atoms with Gasteiger partial charge in [0.1, 0.15) is 0 Å². The van der Waals surface area contributed by atoms with Crippen molar-refractivity contribution in [2.75, 3.05) is 32.8 Å². The van der Waals surface area contributed by atoms with E-state index in [0.29, 0.717) is 26.2 Å². The second-order valence-electron chi connectivity index (χ2n) is 6.24. The third-order valence-electron chi connectivity index (χ3n) is 4.44. The quantitative estimate of drug-likeness (QED) is 0.619. The highest BCUT2D eigenvalue weighted by Gasteiger charge is 2.26. The van der Waals surface area contributed by atoms with Crippen LogP contribution in [0.1, 0.15) is 10.4 Å². The van der Waals surface area contributed by atoms with Gasteiger partial charge in [0.15, 0.2) is 18.1 Å². The largest absolute Gasteiger partial charge is 0.504 e. The molecule has 1 N–H and O–H groups in total. The number of piperazine rings is 1. The zero-order valence-corrected chi connectivity index (χ0v) is 15.0. The SMILES string of the molecule is O=C(COc1ccccc1O)N1CCN(C(=O)c2cccc([N+](=O)[O-])c2)CC1. The molecule has 28 heavy (non-hydrogen) atoms. The van der Waals surface area contributed by atoms with Crippen molar-refractivity contribution in [3.05, 3.63) is 64.2 Å². The van der Waals surface area contributed by atoms with Gasteiger partial charge in [0, 0.05) is 43.9 Å². The molecule has 0 atom stereocenters. The van der Waals surface area contributed by atoms with E-state index in [1.54, 1.807) is 28.0 Å². The Kier molecular flexibility index (Phi) is 5.73. The van der Waals surface area contributed by atoms with Crippen LogP contribution in [0.5, 0.6) is 11.5 Å². The number of hydrogen-bond donors (Lipinski definition) is 1. The van der Waals surface area contributed by atoms with Gasteiger partial charge in [-0.3, -0.25) is 19.7 Å². The highest BCUT2D eigenvalue weighted by Crippen LogP contribution is 2.24. The number of benzene rings is 2. The predicted molar refractivity (Wildman–Crippen MR) is 99.2 cm³/mol. The zero-order chi connectivity index (χ0) is 20.1. The Balaban J connectivity index is 1.53. The number of amides is 2. The summed E-state index contributed by atoms with van der Waals surface area (Å²) in [6.07, 6.45) is 0. The number of rotatable bonds is 5. The number of non-ortho nitro benzene ring substituents is 1. The van der Waals surface area contributed by atoms with Gasteiger partial charge in [-0.25, -0.2) is 0 Å². The fraction of sp³-hybridized carbons (Fsp3) is 0.263. The molecule has 0 spiro atoms. The van der Waals surface area contributed by atoms with E-state index in [0.717, 1.165) is 0 Å². The molecule has 0 radical (unpaired) electrons. The molecule has 1 saturated heterocycles. The summed E-state index contributed by atoms with van der Waals surface area (Å²) < 4.78 is 5.35. The van der Waals surface area contributed by atoms with Gasteiger partial charge in [0.05, 0.1) is 4.92 Å². The van der Waals surface area contributed by atoms with Gasteiger partial charge in [-0.1, -0.05) is 18.2 Å². The number of aromatic hydroxyl groups is 1. The van der Waals surface area contributed by atoms with Crippen molar-refractivity contribution in [1.82, 2.24) is 9.80 Å². The lowest BCUT2D eigenvalue weighted by Crippen LogP contribution is -2.51. The molecule has 0 aromatic heterocycles. The lowest BCUT2D eigenvalue weighted by Gasteiger charge is -2.34. The van der Waals surface area contributed by atoms with E-state index < -0.39 is 4.92 Å². The van der Waals surface area contributed by atoms with Gasteiger partial charge in [0.2, 0.25) is 0 Å². The minimum Gasteiger partial charge on any atom is -0.504 e. The minimum absolute atomic E-state index is 0.0392. The number of ether oxygens (including phenoxy) is 1. The van der Waals surface area contributed by atoms with Gasteiger partial charge in [-0.2, -0.15) is 0 Å². The molecule has 1 fully saturated rings. The van der Waals surface area contributed by atoms with Gasteiger partial charge >= 0.3 is 0 Å². The van der Waals surface area contributed by atoms with Gasteiger partial charge in [0.25, 0.3) is 17.5 Å². The van der Waals surface area contributed by atoms with E-state index >= 15 is 0 Å². The molecule has 0 bridgehead atoms. The Morgan fingerprint density at radius 2 is 1.71 bits per heavy atom. The standard InChI is InChI=1S/C19H19N3O6/c23-16-6-1-2-7-17(16)28-13-18(24)20-8-10-21(11-9-20)19(25)14-4-3-5-15(12-14)22(26)27/h1-7,12,23H,8-11,13H2. The number of nitrogens with zero attached hydrogens (tertiary/aromatic N) is 3. The molecule has 2 aromatic rings. The van der Waals surface area contributed by atoms with Crippen molar-refractivity contribution >= 4 is 17.5 Å². The first-order chi connectivity index (χ1) is 13.5. The topological polar surface area (TPSA) is 113 Å². The Morgan fingerprint density at radius 1 is 1.04 bits per heavy atom. The lowest BCUT2D eigenvalue weighted by atomic mass is 10.1. The van der Waals surface area contributed by atoms with Crippen molar-refractivity contribution in [2.24, 2.45) is 0 Å². The van der Waals surface area contributed by atoms with E-state index in [2.05, 4.69) is 0 Å². The Morgan fingerprint density at radius 3 is 2.39 bits per heavy atom. The van der Waals surface area contributed by atoms with E-state index in [1.807, 2.05) is 0 Å². The molecule has 9 nitrogen and oxygen atoms in total. The summed E-state index contributed by atoms with van der Waals surface area (Å²) in [5.74, 6) is -0.357. The Bertz CT molecular complexity index is 893. The van der Waals surface area contributed by atoms with E-state index in [9.17, 15) is 24.8 Å². The van der Waals surface area contributed by atoms with Crippen LogP contribution in [0.15, 0.2) is 48.5 Å². The third kappa shape index (κ3) is 4.37. The van der Waals surface area contributed by atoms with E-state index in [1.165, 1.54) is 30.3 Å². The summed E-state index contributed by atoms with van der Waals surface area (Å²) >= 11 is 0. The van der Waals surface area contributed by atoms with Crippen LogP contribution in [0.2, 0.25) is 0 Å². The molecule has 1 aliphatic heterocycles. The van der Waals surface area contributed by atoms with Crippen LogP contribution in [0.4, 0.5) is 5.69 Å². The van der Waals surface area contributed by atoms with Crippen LogP contribution in [-0.4, -0.2) is 64.4 Å². The molecule has 2 amide bonds. The number of para-hydroxylation sites is 2. The average Bonchev–Trinajstić information content (AvgIpc) is 2.72. The van der Waals surface area contributed by atoms with Gasteiger partial charge < -0.3 is 19.6 Å². The summed E-state index contributed by atoms with van der Waals surface area (Å²) in [6.45, 7) is 1.11. The molecular weight excluding hydrogens is 366 g/mol. The maximum atomic E-state index is 12.5. The summed E-state index contributed by atoms with van der Waals surface area (Å²) in [7, 11) is 0. The summed E-state index contributed by atoms with van der Waals surface area (Å²) in [6, 6.07) is 12.0. The number of carbonyl (C=O) groups is 2. The smallest absolute Gasteiger partial charge is 0.270 e. The third-order valence-corrected chi connectivity index (χ3v) is 4.44. The number of phenols is 1. The number of nitro benzene ring substituents is 1. The number of carbonyl (C=O) groups excluding carboxylic acids is 2. The molecule has 2 aromatic carbocycles. The van der Waals surface area contributed by atoms with Crippen LogP contribution < -0.4 is 4.74 Å². The van der Waals surface area contributed by atoms with Crippen LogP contribution in [-0.2, 0) is 4.79 Å². The van der Waals surface area contributed by atoms with Gasteiger partial charge in [-0.15, -0.1) is 0 Å². The van der Waals surface area contributed by atoms with Crippen molar-refractivity contribution in [1.29, 1.82) is 0 Å². The number of nitro groups is 1. The maximum absolute atomic E-state index is 12.5. The zero-order valence-electron chi connectivity index (χ0n) is 15.0. The minimum atomic E-state index is -0.544. The lowest BCUT2D eigenvalue weighted by molar-refractivity contribution is -0.384. The van der Waals surface area contributed by atoms with Crippen molar-refractivity contribution < 1.29 is 24.4 Å². The fourth-order valence-corrected chi connectivity index (χ4v) is 2.90. The first-order valence-electron chi connectivity index (χ1n) is 8.68. The van der Waals surface area contributed by atoms with Crippen LogP contribution >= 0.6 is 0 Å². The molecule has 1 aliphatic rings. The van der Waals surface area contributed by atoms with E-state index in [-0.39, 0.29) is 41.2 Å². The van der Waals surface area contributed by atoms with Crippen molar-refractivity contribution in [3.63, 3.8) is 0 Å². The van der Waals surface area contributed by atoms with Crippen molar-refractivity contribution in [2.45, 2.75) is 0 Å². The number of hydrogen-bond acceptors (Lipinski definition) is 6. The summed E-state index contributed by atoms with van der Waals surface area (Å²) in [5.41, 5.74) is 0.109. The molecule has 146 valence electrons. The Hall–Kier alpha value is -3.62. The second-order valence-corrected chi connectivity index (χ2v) is 6.24. The van der Waals surface area contributed by atoms with Gasteiger partial charge in [-0.05, 0) is 18.2 Å². The highest BCUT2D eigenvalue weighted by molar-refractivity contribution is 5.95. The fourth-order valence-electron chi connectivity index (χ4n) is 2.90. The first kappa shape index (κ1) is 19.2. The van der Waals surface area contributed by atoms with Crippen molar-refractivity contribution in [3.8, 4) is 11.5 Å². The van der Waals surface area contributed by atoms with Crippen LogP contribution in [0.25, 0.3) is 0 Å². The molecule has 0 unspecified atom stereocenters. The normalized spacial score (nSPS) is 13.9. The van der Waals surface area contributed by atoms with Crippen LogP contribution in [0.3, 0.4) is 0 Å². The monoisotopic (exact) mass is 385 g/mol. The number of phenolic OH excluding ortho intramolecular Hbond substituents is 1. The summed E-state index contributed by atoms with van der Waals surface area (Å²) in [4.78, 5) is 38.3. The Labute approximate surface area is 160 Å². The molecule has 3 rings (SSSR count). The molecular formula is C19H19N3O6. The molecule has 0 aliphatic carbocycles. The maximum Gasteiger partial charge on any atom is 0.270 e.